The molecule has 0 saturated carbocycles. The number of benzene rings is 1. The highest BCUT2D eigenvalue weighted by atomic mass is 16.5. The van der Waals surface area contributed by atoms with E-state index in [2.05, 4.69) is 24.0 Å². The summed E-state index contributed by atoms with van der Waals surface area (Å²) in [6.45, 7) is 5.60. The molecular formula is C13H16N2O. The van der Waals surface area contributed by atoms with Crippen LogP contribution in [0.2, 0.25) is 0 Å². The van der Waals surface area contributed by atoms with Gasteiger partial charge in [-0.15, -0.1) is 0 Å². The number of ether oxygens (including phenoxy) is 1. The molecule has 1 aromatic rings. The molecule has 0 radical (unpaired) electrons. The Labute approximate surface area is 96.2 Å². The van der Waals surface area contributed by atoms with Gasteiger partial charge in [0.2, 0.25) is 0 Å². The zero-order chi connectivity index (χ0) is 11.4. The summed E-state index contributed by atoms with van der Waals surface area (Å²) in [5, 5.41) is 8.88. The quantitative estimate of drug-likeness (QED) is 0.758. The van der Waals surface area contributed by atoms with E-state index in [1.807, 2.05) is 12.1 Å². The number of morpholine rings is 1. The fraction of sp³-hybridized carbons (Fsp3) is 0.462. The second-order valence-electron chi connectivity index (χ2n) is 3.91. The number of hydrogen-bond acceptors (Lipinski definition) is 3. The molecule has 0 aliphatic carbocycles. The van der Waals surface area contributed by atoms with Crippen molar-refractivity contribution in [3.63, 3.8) is 0 Å². The minimum atomic E-state index is 0.744. The Morgan fingerprint density at radius 3 is 2.75 bits per heavy atom. The SMILES string of the molecule is CCc1cc(C#N)ccc1N1CCOCC1. The van der Waals surface area contributed by atoms with Crippen molar-refractivity contribution in [3.05, 3.63) is 29.3 Å². The van der Waals surface area contributed by atoms with E-state index in [-0.39, 0.29) is 0 Å². The van der Waals surface area contributed by atoms with Crippen LogP contribution >= 0.6 is 0 Å². The minimum Gasteiger partial charge on any atom is -0.378 e. The molecule has 1 saturated heterocycles. The summed E-state index contributed by atoms with van der Waals surface area (Å²) in [4.78, 5) is 2.34. The fourth-order valence-corrected chi connectivity index (χ4v) is 2.05. The van der Waals surface area contributed by atoms with Crippen LogP contribution in [0.5, 0.6) is 0 Å². The third kappa shape index (κ3) is 2.17. The third-order valence-electron chi connectivity index (χ3n) is 2.94. The third-order valence-corrected chi connectivity index (χ3v) is 2.94. The van der Waals surface area contributed by atoms with E-state index in [1.54, 1.807) is 0 Å². The highest BCUT2D eigenvalue weighted by Gasteiger charge is 2.14. The Hall–Kier alpha value is -1.53. The van der Waals surface area contributed by atoms with Crippen LogP contribution in [0.1, 0.15) is 18.1 Å². The van der Waals surface area contributed by atoms with E-state index in [0.717, 1.165) is 38.3 Å². The van der Waals surface area contributed by atoms with Gasteiger partial charge in [0.15, 0.2) is 0 Å². The molecule has 84 valence electrons. The first-order valence-electron chi connectivity index (χ1n) is 5.71. The lowest BCUT2D eigenvalue weighted by molar-refractivity contribution is 0.122. The molecule has 1 aliphatic heterocycles. The monoisotopic (exact) mass is 216 g/mol. The number of rotatable bonds is 2. The number of nitriles is 1. The van der Waals surface area contributed by atoms with Gasteiger partial charge in [-0.05, 0) is 30.2 Å². The molecule has 1 heterocycles. The smallest absolute Gasteiger partial charge is 0.0991 e. The number of aryl methyl sites for hydroxylation is 1. The molecule has 16 heavy (non-hydrogen) atoms. The van der Waals surface area contributed by atoms with Crippen molar-refractivity contribution < 1.29 is 4.74 Å². The predicted octanol–water partition coefficient (Wildman–Crippen LogP) is 1.96. The Morgan fingerprint density at radius 1 is 1.38 bits per heavy atom. The molecule has 0 amide bonds. The van der Waals surface area contributed by atoms with E-state index < -0.39 is 0 Å². The van der Waals surface area contributed by atoms with Gasteiger partial charge in [-0.3, -0.25) is 0 Å². The molecule has 2 rings (SSSR count). The van der Waals surface area contributed by atoms with E-state index in [0.29, 0.717) is 0 Å². The van der Waals surface area contributed by atoms with E-state index in [9.17, 15) is 0 Å². The van der Waals surface area contributed by atoms with Crippen LogP contribution in [0.4, 0.5) is 5.69 Å². The van der Waals surface area contributed by atoms with Gasteiger partial charge in [0.1, 0.15) is 0 Å². The van der Waals surface area contributed by atoms with Crippen molar-refractivity contribution in [3.8, 4) is 6.07 Å². The highest BCUT2D eigenvalue weighted by molar-refractivity contribution is 5.57. The summed E-state index contributed by atoms with van der Waals surface area (Å²) in [6.07, 6.45) is 0.961. The van der Waals surface area contributed by atoms with E-state index >= 15 is 0 Å². The lowest BCUT2D eigenvalue weighted by atomic mass is 10.1. The van der Waals surface area contributed by atoms with Crippen molar-refractivity contribution in [2.45, 2.75) is 13.3 Å². The Morgan fingerprint density at radius 2 is 2.12 bits per heavy atom. The van der Waals surface area contributed by atoms with Crippen LogP contribution in [0.25, 0.3) is 0 Å². The second kappa shape index (κ2) is 5.00. The topological polar surface area (TPSA) is 36.3 Å². The van der Waals surface area contributed by atoms with Gasteiger partial charge in [-0.25, -0.2) is 0 Å². The molecule has 1 fully saturated rings. The average molecular weight is 216 g/mol. The van der Waals surface area contributed by atoms with Crippen LogP contribution in [0.15, 0.2) is 18.2 Å². The van der Waals surface area contributed by atoms with Gasteiger partial charge in [-0.2, -0.15) is 5.26 Å². The molecule has 3 heteroatoms. The largest absolute Gasteiger partial charge is 0.378 e. The summed E-state index contributed by atoms with van der Waals surface area (Å²) in [5.41, 5.74) is 3.25. The van der Waals surface area contributed by atoms with E-state index in [1.165, 1.54) is 11.3 Å². The minimum absolute atomic E-state index is 0.744. The number of nitrogens with zero attached hydrogens (tertiary/aromatic N) is 2. The standard InChI is InChI=1S/C13H16N2O/c1-2-12-9-11(10-14)3-4-13(12)15-5-7-16-8-6-15/h3-4,9H,2,5-8H2,1H3. The van der Waals surface area contributed by atoms with Gasteiger partial charge < -0.3 is 9.64 Å². The molecule has 0 N–H and O–H groups in total. The van der Waals surface area contributed by atoms with Crippen molar-refractivity contribution >= 4 is 5.69 Å². The first kappa shape index (κ1) is 11.0. The van der Waals surface area contributed by atoms with Crippen LogP contribution < -0.4 is 4.90 Å². The summed E-state index contributed by atoms with van der Waals surface area (Å²) in [5.74, 6) is 0. The fourth-order valence-electron chi connectivity index (χ4n) is 2.05. The molecule has 0 spiro atoms. The predicted molar refractivity (Wildman–Crippen MR) is 63.6 cm³/mol. The molecule has 3 nitrogen and oxygen atoms in total. The highest BCUT2D eigenvalue weighted by Crippen LogP contribution is 2.23. The number of hydrogen-bond donors (Lipinski definition) is 0. The molecular weight excluding hydrogens is 200 g/mol. The van der Waals surface area contributed by atoms with Crippen LogP contribution in [-0.2, 0) is 11.2 Å². The molecule has 0 unspecified atom stereocenters. The van der Waals surface area contributed by atoms with Crippen LogP contribution in [0, 0.1) is 11.3 Å². The maximum Gasteiger partial charge on any atom is 0.0991 e. The normalized spacial score (nSPS) is 15.9. The van der Waals surface area contributed by atoms with Crippen molar-refractivity contribution in [1.29, 1.82) is 5.26 Å². The summed E-state index contributed by atoms with van der Waals surface area (Å²) < 4.78 is 5.35. The summed E-state index contributed by atoms with van der Waals surface area (Å²) in [7, 11) is 0. The van der Waals surface area contributed by atoms with Gasteiger partial charge in [-0.1, -0.05) is 6.92 Å². The van der Waals surface area contributed by atoms with Crippen molar-refractivity contribution in [1.82, 2.24) is 0 Å². The zero-order valence-electron chi connectivity index (χ0n) is 9.57. The first-order valence-corrected chi connectivity index (χ1v) is 5.71. The Kier molecular flexibility index (Phi) is 3.43. The van der Waals surface area contributed by atoms with Gasteiger partial charge in [0.05, 0.1) is 24.8 Å². The van der Waals surface area contributed by atoms with Gasteiger partial charge in [0, 0.05) is 18.8 Å². The maximum absolute atomic E-state index is 8.88. The Balaban J connectivity index is 2.29. The van der Waals surface area contributed by atoms with Crippen LogP contribution in [0.3, 0.4) is 0 Å². The second-order valence-corrected chi connectivity index (χ2v) is 3.91. The molecule has 0 bridgehead atoms. The van der Waals surface area contributed by atoms with Crippen molar-refractivity contribution in [2.24, 2.45) is 0 Å². The first-order chi connectivity index (χ1) is 7.85. The summed E-state index contributed by atoms with van der Waals surface area (Å²) >= 11 is 0. The van der Waals surface area contributed by atoms with Crippen LogP contribution in [-0.4, -0.2) is 26.3 Å². The maximum atomic E-state index is 8.88. The summed E-state index contributed by atoms with van der Waals surface area (Å²) in [6, 6.07) is 8.13. The zero-order valence-corrected chi connectivity index (χ0v) is 9.57. The Bertz CT molecular complexity index is 403. The lowest BCUT2D eigenvalue weighted by Crippen LogP contribution is -2.36. The number of anilines is 1. The van der Waals surface area contributed by atoms with Gasteiger partial charge >= 0.3 is 0 Å². The average Bonchev–Trinajstić information content (AvgIpc) is 2.39. The van der Waals surface area contributed by atoms with Crippen molar-refractivity contribution in [2.75, 3.05) is 31.2 Å². The molecule has 1 aliphatic rings. The molecule has 0 aromatic heterocycles. The van der Waals surface area contributed by atoms with E-state index in [4.69, 9.17) is 10.00 Å². The molecule has 0 atom stereocenters. The molecule has 1 aromatic carbocycles. The van der Waals surface area contributed by atoms with Gasteiger partial charge in [0.25, 0.3) is 0 Å². The lowest BCUT2D eigenvalue weighted by Gasteiger charge is -2.30.